The van der Waals surface area contributed by atoms with E-state index < -0.39 is 0 Å². The van der Waals surface area contributed by atoms with Crippen molar-refractivity contribution in [1.82, 2.24) is 15.6 Å². The first-order chi connectivity index (χ1) is 13.1. The summed E-state index contributed by atoms with van der Waals surface area (Å²) in [5, 5.41) is 7.03. The molecule has 150 valence electrons. The molecule has 0 spiro atoms. The predicted octanol–water partition coefficient (Wildman–Crippen LogP) is 2.94. The van der Waals surface area contributed by atoms with Crippen LogP contribution in [-0.4, -0.2) is 49.3 Å². The molecular formula is C21H35N5O. The van der Waals surface area contributed by atoms with Crippen LogP contribution in [0.2, 0.25) is 0 Å². The Hall–Kier alpha value is -1.82. The molecule has 1 aromatic rings. The number of rotatable bonds is 5. The van der Waals surface area contributed by atoms with Gasteiger partial charge in [0.15, 0.2) is 5.96 Å². The van der Waals surface area contributed by atoms with Crippen LogP contribution in [0.5, 0.6) is 0 Å². The van der Waals surface area contributed by atoms with E-state index in [1.54, 1.807) is 0 Å². The molecule has 3 unspecified atom stereocenters. The minimum Gasteiger partial charge on any atom is -0.375 e. The summed E-state index contributed by atoms with van der Waals surface area (Å²) in [5.41, 5.74) is 1.19. The van der Waals surface area contributed by atoms with Crippen LogP contribution >= 0.6 is 0 Å². The molecule has 1 saturated heterocycles. The number of nitrogens with one attached hydrogen (secondary N) is 2. The third kappa shape index (κ3) is 6.09. The summed E-state index contributed by atoms with van der Waals surface area (Å²) in [5.74, 6) is 2.75. The summed E-state index contributed by atoms with van der Waals surface area (Å²) in [6.07, 6.45) is 7.28. The average Bonchev–Trinajstić information content (AvgIpc) is 2.67. The zero-order valence-electron chi connectivity index (χ0n) is 17.1. The standard InChI is InChI=1S/C21H35N5O/c1-4-22-21(25-19-7-5-6-16(2)12-19)24-14-18-8-9-23-20(13-18)26-10-11-27-17(3)15-26/h8-9,13,16-17,19H,4-7,10-12,14-15H2,1-3H3,(H2,22,24,25). The summed E-state index contributed by atoms with van der Waals surface area (Å²) in [7, 11) is 0. The Morgan fingerprint density at radius 3 is 3.04 bits per heavy atom. The van der Waals surface area contributed by atoms with E-state index in [1.807, 2.05) is 6.20 Å². The van der Waals surface area contributed by atoms with Gasteiger partial charge >= 0.3 is 0 Å². The lowest BCUT2D eigenvalue weighted by molar-refractivity contribution is 0.0529. The largest absolute Gasteiger partial charge is 0.375 e. The van der Waals surface area contributed by atoms with Gasteiger partial charge in [0.2, 0.25) is 0 Å². The lowest BCUT2D eigenvalue weighted by Gasteiger charge is -2.32. The van der Waals surface area contributed by atoms with E-state index in [0.717, 1.165) is 43.9 Å². The summed E-state index contributed by atoms with van der Waals surface area (Å²) >= 11 is 0. The number of guanidine groups is 1. The van der Waals surface area contributed by atoms with Crippen molar-refractivity contribution in [2.45, 2.75) is 65.1 Å². The van der Waals surface area contributed by atoms with E-state index in [9.17, 15) is 0 Å². The number of aliphatic imine (C=N–C) groups is 1. The van der Waals surface area contributed by atoms with Gasteiger partial charge in [0, 0.05) is 31.9 Å². The van der Waals surface area contributed by atoms with E-state index in [4.69, 9.17) is 9.73 Å². The van der Waals surface area contributed by atoms with Crippen LogP contribution in [0.25, 0.3) is 0 Å². The fourth-order valence-corrected chi connectivity index (χ4v) is 4.01. The van der Waals surface area contributed by atoms with Gasteiger partial charge in [0.05, 0.1) is 19.3 Å². The van der Waals surface area contributed by atoms with Crippen LogP contribution in [0.4, 0.5) is 5.82 Å². The molecule has 1 saturated carbocycles. The monoisotopic (exact) mass is 373 g/mol. The summed E-state index contributed by atoms with van der Waals surface area (Å²) in [6, 6.07) is 4.76. The minimum absolute atomic E-state index is 0.254. The van der Waals surface area contributed by atoms with Crippen LogP contribution in [0, 0.1) is 5.92 Å². The quantitative estimate of drug-likeness (QED) is 0.614. The van der Waals surface area contributed by atoms with Gasteiger partial charge in [-0.15, -0.1) is 0 Å². The van der Waals surface area contributed by atoms with E-state index >= 15 is 0 Å². The number of hydrogen-bond donors (Lipinski definition) is 2. The molecule has 1 aliphatic carbocycles. The van der Waals surface area contributed by atoms with Crippen molar-refractivity contribution in [2.75, 3.05) is 31.1 Å². The van der Waals surface area contributed by atoms with Crippen LogP contribution in [0.1, 0.15) is 52.0 Å². The van der Waals surface area contributed by atoms with Crippen LogP contribution in [0.15, 0.2) is 23.3 Å². The lowest BCUT2D eigenvalue weighted by Crippen LogP contribution is -2.45. The summed E-state index contributed by atoms with van der Waals surface area (Å²) in [4.78, 5) is 11.7. The minimum atomic E-state index is 0.254. The van der Waals surface area contributed by atoms with Crippen molar-refractivity contribution >= 4 is 11.8 Å². The number of pyridine rings is 1. The number of anilines is 1. The van der Waals surface area contributed by atoms with E-state index in [2.05, 4.69) is 53.4 Å². The molecular weight excluding hydrogens is 338 g/mol. The summed E-state index contributed by atoms with van der Waals surface area (Å²) < 4.78 is 5.64. The van der Waals surface area contributed by atoms with Crippen molar-refractivity contribution < 1.29 is 4.74 Å². The second-order valence-electron chi connectivity index (χ2n) is 7.96. The molecule has 2 heterocycles. The average molecular weight is 374 g/mol. The highest BCUT2D eigenvalue weighted by Crippen LogP contribution is 2.23. The Morgan fingerprint density at radius 1 is 1.37 bits per heavy atom. The van der Waals surface area contributed by atoms with Gasteiger partial charge in [0.25, 0.3) is 0 Å². The molecule has 1 aliphatic heterocycles. The van der Waals surface area contributed by atoms with Crippen LogP contribution in [-0.2, 0) is 11.3 Å². The molecule has 2 fully saturated rings. The Balaban J connectivity index is 1.62. The first kappa shape index (κ1) is 19.9. The van der Waals surface area contributed by atoms with Gasteiger partial charge in [-0.2, -0.15) is 0 Å². The molecule has 1 aromatic heterocycles. The molecule has 2 aliphatic rings. The molecule has 0 bridgehead atoms. The maximum absolute atomic E-state index is 5.64. The van der Waals surface area contributed by atoms with Gasteiger partial charge in [0.1, 0.15) is 5.82 Å². The third-order valence-electron chi connectivity index (χ3n) is 5.42. The summed E-state index contributed by atoms with van der Waals surface area (Å²) in [6.45, 7) is 10.7. The van der Waals surface area contributed by atoms with Crippen molar-refractivity contribution in [1.29, 1.82) is 0 Å². The second-order valence-corrected chi connectivity index (χ2v) is 7.96. The zero-order chi connectivity index (χ0) is 19.1. The molecule has 0 radical (unpaired) electrons. The van der Waals surface area contributed by atoms with Crippen molar-refractivity contribution in [2.24, 2.45) is 10.9 Å². The van der Waals surface area contributed by atoms with Crippen molar-refractivity contribution in [3.63, 3.8) is 0 Å². The first-order valence-corrected chi connectivity index (χ1v) is 10.5. The van der Waals surface area contributed by atoms with Crippen LogP contribution in [0.3, 0.4) is 0 Å². The molecule has 27 heavy (non-hydrogen) atoms. The molecule has 3 atom stereocenters. The molecule has 6 heteroatoms. The Labute approximate surface area is 163 Å². The third-order valence-corrected chi connectivity index (χ3v) is 5.42. The highest BCUT2D eigenvalue weighted by atomic mass is 16.5. The van der Waals surface area contributed by atoms with Gasteiger partial charge in [-0.25, -0.2) is 9.98 Å². The van der Waals surface area contributed by atoms with E-state index in [0.29, 0.717) is 12.6 Å². The van der Waals surface area contributed by atoms with Crippen molar-refractivity contribution in [3.05, 3.63) is 23.9 Å². The van der Waals surface area contributed by atoms with Crippen molar-refractivity contribution in [3.8, 4) is 0 Å². The second kappa shape index (κ2) is 9.93. The number of aromatic nitrogens is 1. The molecule has 6 nitrogen and oxygen atoms in total. The Morgan fingerprint density at radius 2 is 2.26 bits per heavy atom. The lowest BCUT2D eigenvalue weighted by atomic mass is 9.87. The van der Waals surface area contributed by atoms with Gasteiger partial charge < -0.3 is 20.3 Å². The fraction of sp³-hybridized carbons (Fsp3) is 0.714. The van der Waals surface area contributed by atoms with Gasteiger partial charge in [-0.05, 0) is 50.3 Å². The number of hydrogen-bond acceptors (Lipinski definition) is 4. The SMILES string of the molecule is CCNC(=NCc1ccnc(N2CCOC(C)C2)c1)NC1CCCC(C)C1. The highest BCUT2D eigenvalue weighted by Gasteiger charge is 2.20. The normalized spacial score (nSPS) is 26.7. The van der Waals surface area contributed by atoms with Gasteiger partial charge in [-0.3, -0.25) is 0 Å². The van der Waals surface area contributed by atoms with Gasteiger partial charge in [-0.1, -0.05) is 19.8 Å². The number of morpholine rings is 1. The Kier molecular flexibility index (Phi) is 7.33. The smallest absolute Gasteiger partial charge is 0.191 e. The topological polar surface area (TPSA) is 61.8 Å². The molecule has 2 N–H and O–H groups in total. The first-order valence-electron chi connectivity index (χ1n) is 10.5. The molecule has 0 aromatic carbocycles. The molecule has 3 rings (SSSR count). The highest BCUT2D eigenvalue weighted by molar-refractivity contribution is 5.80. The maximum Gasteiger partial charge on any atom is 0.191 e. The van der Waals surface area contributed by atoms with Crippen LogP contribution < -0.4 is 15.5 Å². The number of ether oxygens (including phenoxy) is 1. The number of nitrogens with zero attached hydrogens (tertiary/aromatic N) is 3. The van der Waals surface area contributed by atoms with E-state index in [1.165, 1.54) is 31.2 Å². The fourth-order valence-electron chi connectivity index (χ4n) is 4.01. The predicted molar refractivity (Wildman–Crippen MR) is 111 cm³/mol. The van der Waals surface area contributed by atoms with E-state index in [-0.39, 0.29) is 6.10 Å². The maximum atomic E-state index is 5.64. The zero-order valence-corrected chi connectivity index (χ0v) is 17.1. The Bertz CT molecular complexity index is 620. The molecule has 0 amide bonds.